The second-order valence-corrected chi connectivity index (χ2v) is 8.87. The molecule has 0 aliphatic carbocycles. The summed E-state index contributed by atoms with van der Waals surface area (Å²) < 4.78 is 0. The lowest BCUT2D eigenvalue weighted by Crippen LogP contribution is -2.53. The van der Waals surface area contributed by atoms with Gasteiger partial charge in [0.25, 0.3) is 0 Å². The average Bonchev–Trinajstić information content (AvgIpc) is 3.21. The van der Waals surface area contributed by atoms with Gasteiger partial charge in [0, 0.05) is 43.4 Å². The second kappa shape index (κ2) is 7.18. The lowest BCUT2D eigenvalue weighted by atomic mass is 10.2. The number of nitrogens with two attached hydrogens (primary N) is 1. The number of rotatable bonds is 3. The van der Waals surface area contributed by atoms with Gasteiger partial charge < -0.3 is 20.6 Å². The fourth-order valence-electron chi connectivity index (χ4n) is 3.30. The molecule has 7 nitrogen and oxygen atoms in total. The highest BCUT2D eigenvalue weighted by molar-refractivity contribution is 8.01. The number of thioether (sulfide) groups is 2. The maximum Gasteiger partial charge on any atom is 0.241 e. The van der Waals surface area contributed by atoms with E-state index in [1.165, 1.54) is 0 Å². The molecule has 1 spiro atoms. The molecule has 1 unspecified atom stereocenters. The minimum atomic E-state index is -0.847. The van der Waals surface area contributed by atoms with E-state index in [-0.39, 0.29) is 29.3 Å². The summed E-state index contributed by atoms with van der Waals surface area (Å²) in [4.78, 5) is 28.1. The predicted molar refractivity (Wildman–Crippen MR) is 92.3 cm³/mol. The first-order valence-electron chi connectivity index (χ1n) is 7.98. The van der Waals surface area contributed by atoms with Crippen molar-refractivity contribution in [2.45, 2.75) is 23.4 Å². The van der Waals surface area contributed by atoms with E-state index in [0.717, 1.165) is 36.8 Å². The summed E-state index contributed by atoms with van der Waals surface area (Å²) in [6.07, 6.45) is 0.807. The van der Waals surface area contributed by atoms with Crippen molar-refractivity contribution in [2.24, 2.45) is 5.73 Å². The van der Waals surface area contributed by atoms with E-state index in [1.807, 2.05) is 16.7 Å². The highest BCUT2D eigenvalue weighted by atomic mass is 32.2. The molecular weight excluding hydrogens is 336 g/mol. The minimum absolute atomic E-state index is 0.162. The fraction of sp³-hybridized carbons (Fsp3) is 0.857. The van der Waals surface area contributed by atoms with Gasteiger partial charge in [-0.2, -0.15) is 11.8 Å². The first kappa shape index (κ1) is 17.3. The van der Waals surface area contributed by atoms with E-state index in [9.17, 15) is 9.59 Å². The second-order valence-electron chi connectivity index (χ2n) is 6.24. The van der Waals surface area contributed by atoms with Gasteiger partial charge in [0.05, 0.1) is 17.5 Å². The van der Waals surface area contributed by atoms with Gasteiger partial charge >= 0.3 is 0 Å². The Morgan fingerprint density at radius 3 is 2.74 bits per heavy atom. The number of carbonyl (C=O) groups excluding carboxylic acids is 2. The van der Waals surface area contributed by atoms with Crippen LogP contribution in [-0.4, -0.2) is 93.7 Å². The molecule has 3 aliphatic rings. The van der Waals surface area contributed by atoms with Gasteiger partial charge in [-0.1, -0.05) is 0 Å². The Kier molecular flexibility index (Phi) is 5.42. The predicted octanol–water partition coefficient (Wildman–Crippen LogP) is -1.48. The van der Waals surface area contributed by atoms with Gasteiger partial charge in [0.15, 0.2) is 0 Å². The number of hydrogen-bond donors (Lipinski definition) is 3. The molecule has 3 aliphatic heterocycles. The molecule has 4 N–H and O–H groups in total. The van der Waals surface area contributed by atoms with Crippen LogP contribution in [0.4, 0.5) is 0 Å². The molecule has 0 aromatic heterocycles. The molecule has 0 bridgehead atoms. The smallest absolute Gasteiger partial charge is 0.241 e. The van der Waals surface area contributed by atoms with Crippen LogP contribution < -0.4 is 11.1 Å². The zero-order valence-electron chi connectivity index (χ0n) is 13.1. The van der Waals surface area contributed by atoms with E-state index in [1.54, 1.807) is 16.7 Å². The Bertz CT molecular complexity index is 475. The van der Waals surface area contributed by atoms with Crippen LogP contribution in [0.2, 0.25) is 0 Å². The normalized spacial score (nSPS) is 32.5. The van der Waals surface area contributed by atoms with Crippen molar-refractivity contribution < 1.29 is 14.7 Å². The molecule has 0 saturated carbocycles. The first-order valence-corrected chi connectivity index (χ1v) is 10.1. The van der Waals surface area contributed by atoms with Crippen molar-refractivity contribution in [3.05, 3.63) is 0 Å². The van der Waals surface area contributed by atoms with Crippen LogP contribution in [0.25, 0.3) is 0 Å². The summed E-state index contributed by atoms with van der Waals surface area (Å²) in [5.74, 6) is 2.74. The molecular formula is C14H24N4O3S2. The summed E-state index contributed by atoms with van der Waals surface area (Å²) >= 11 is 3.62. The highest BCUT2D eigenvalue weighted by Gasteiger charge is 2.48. The number of carbonyl (C=O) groups is 2. The van der Waals surface area contributed by atoms with Crippen molar-refractivity contribution in [1.82, 2.24) is 15.1 Å². The third-order valence-corrected chi connectivity index (χ3v) is 7.09. The van der Waals surface area contributed by atoms with Gasteiger partial charge in [-0.05, 0) is 6.42 Å². The zero-order valence-corrected chi connectivity index (χ0v) is 14.7. The van der Waals surface area contributed by atoms with Crippen molar-refractivity contribution in [3.63, 3.8) is 0 Å². The quantitative estimate of drug-likeness (QED) is 0.564. The highest BCUT2D eigenvalue weighted by Crippen LogP contribution is 2.39. The van der Waals surface area contributed by atoms with Crippen molar-refractivity contribution in [1.29, 1.82) is 0 Å². The lowest BCUT2D eigenvalue weighted by Gasteiger charge is -2.30. The Labute approximate surface area is 144 Å². The summed E-state index contributed by atoms with van der Waals surface area (Å²) in [5.41, 5.74) is 5.63. The van der Waals surface area contributed by atoms with Crippen molar-refractivity contribution in [2.75, 3.05) is 50.0 Å². The molecule has 0 aromatic carbocycles. The van der Waals surface area contributed by atoms with E-state index in [0.29, 0.717) is 13.1 Å². The number of likely N-dealkylation sites (tertiary alicyclic amines) is 1. The van der Waals surface area contributed by atoms with E-state index in [4.69, 9.17) is 10.8 Å². The number of aliphatic hydroxyl groups is 1. The maximum atomic E-state index is 12.6. The monoisotopic (exact) mass is 360 g/mol. The van der Waals surface area contributed by atoms with Crippen LogP contribution in [0, 0.1) is 0 Å². The number of nitrogens with zero attached hydrogens (tertiary/aromatic N) is 2. The van der Waals surface area contributed by atoms with Gasteiger partial charge in [0.2, 0.25) is 11.8 Å². The summed E-state index contributed by atoms with van der Waals surface area (Å²) in [6, 6.07) is -1.01. The largest absolute Gasteiger partial charge is 0.394 e. The van der Waals surface area contributed by atoms with Gasteiger partial charge in [-0.3, -0.25) is 14.9 Å². The molecule has 9 heteroatoms. The van der Waals surface area contributed by atoms with Crippen LogP contribution in [0.5, 0.6) is 0 Å². The topological polar surface area (TPSA) is 98.9 Å². The third-order valence-electron chi connectivity index (χ3n) is 4.64. The standard InChI is InChI=1S/C14H24N4O3S2/c15-10(7-19)12(20)18-2-1-14(9-18)16-11(8-23-14)13(21)17-3-5-22-6-4-17/h10-11,16,19H,1-9,15H2/t10-,11-,14?/m0/s1. The summed E-state index contributed by atoms with van der Waals surface area (Å²) in [6.45, 7) is 2.49. The number of nitrogens with one attached hydrogen (secondary N) is 1. The molecule has 3 saturated heterocycles. The molecule has 0 aromatic rings. The minimum Gasteiger partial charge on any atom is -0.394 e. The zero-order chi connectivity index (χ0) is 16.4. The van der Waals surface area contributed by atoms with Crippen molar-refractivity contribution >= 4 is 35.3 Å². The molecule has 130 valence electrons. The molecule has 3 fully saturated rings. The van der Waals surface area contributed by atoms with Gasteiger partial charge in [0.1, 0.15) is 6.04 Å². The Balaban J connectivity index is 1.57. The Hall–Kier alpha value is -0.480. The van der Waals surface area contributed by atoms with E-state index >= 15 is 0 Å². The third kappa shape index (κ3) is 3.63. The Morgan fingerprint density at radius 1 is 1.30 bits per heavy atom. The molecule has 0 radical (unpaired) electrons. The van der Waals surface area contributed by atoms with Crippen LogP contribution in [0.1, 0.15) is 6.42 Å². The van der Waals surface area contributed by atoms with E-state index in [2.05, 4.69) is 5.32 Å². The van der Waals surface area contributed by atoms with Crippen molar-refractivity contribution in [3.8, 4) is 0 Å². The van der Waals surface area contributed by atoms with Gasteiger partial charge in [-0.15, -0.1) is 11.8 Å². The van der Waals surface area contributed by atoms with Crippen LogP contribution in [0.15, 0.2) is 0 Å². The number of amides is 2. The number of aliphatic hydroxyl groups excluding tert-OH is 1. The maximum absolute atomic E-state index is 12.6. The van der Waals surface area contributed by atoms with Gasteiger partial charge in [-0.25, -0.2) is 0 Å². The fourth-order valence-corrected chi connectivity index (χ4v) is 5.62. The van der Waals surface area contributed by atoms with E-state index < -0.39 is 6.04 Å². The lowest BCUT2D eigenvalue weighted by molar-refractivity contribution is -0.132. The summed E-state index contributed by atoms with van der Waals surface area (Å²) in [5, 5.41) is 12.5. The molecule has 3 heterocycles. The average molecular weight is 361 g/mol. The summed E-state index contributed by atoms with van der Waals surface area (Å²) in [7, 11) is 0. The number of hydrogen-bond acceptors (Lipinski definition) is 7. The molecule has 3 atom stereocenters. The van der Waals surface area contributed by atoms with Crippen LogP contribution >= 0.6 is 23.5 Å². The Morgan fingerprint density at radius 2 is 2.04 bits per heavy atom. The van der Waals surface area contributed by atoms with Crippen LogP contribution in [0.3, 0.4) is 0 Å². The molecule has 23 heavy (non-hydrogen) atoms. The molecule has 2 amide bonds. The SMILES string of the molecule is N[C@@H](CO)C(=O)N1CCC2(C1)N[C@H](C(=O)N1CCSCC1)CS2. The van der Waals surface area contributed by atoms with Crippen LogP contribution in [-0.2, 0) is 9.59 Å². The first-order chi connectivity index (χ1) is 11.0. The molecule has 3 rings (SSSR count).